The van der Waals surface area contributed by atoms with Gasteiger partial charge in [0.15, 0.2) is 0 Å². The van der Waals surface area contributed by atoms with Crippen LogP contribution in [-0.4, -0.2) is 17.3 Å². The lowest BCUT2D eigenvalue weighted by molar-refractivity contribution is -0.125. The smallest absolute Gasteiger partial charge is 0.224 e. The van der Waals surface area contributed by atoms with Crippen molar-refractivity contribution in [3.8, 4) is 0 Å². The van der Waals surface area contributed by atoms with Gasteiger partial charge in [-0.15, -0.1) is 23.2 Å². The second kappa shape index (κ2) is 7.77. The minimum absolute atomic E-state index is 0.0106. The third-order valence-electron chi connectivity index (χ3n) is 4.52. The molecule has 24 heavy (non-hydrogen) atoms. The molecule has 0 aliphatic heterocycles. The highest BCUT2D eigenvalue weighted by atomic mass is 35.5. The molecule has 0 fully saturated rings. The topological polar surface area (TPSA) is 29.1 Å². The summed E-state index contributed by atoms with van der Waals surface area (Å²) in [6.45, 7) is 0.579. The Kier molecular flexibility index (Phi) is 5.70. The summed E-state index contributed by atoms with van der Waals surface area (Å²) >= 11 is 18.2. The average molecular weight is 383 g/mol. The van der Waals surface area contributed by atoms with E-state index in [0.29, 0.717) is 18.0 Å². The second-order valence-corrected chi connectivity index (χ2v) is 7.64. The van der Waals surface area contributed by atoms with Gasteiger partial charge in [0.1, 0.15) is 4.84 Å². The van der Waals surface area contributed by atoms with E-state index in [0.717, 1.165) is 23.1 Å². The Labute approximate surface area is 157 Å². The lowest BCUT2D eigenvalue weighted by Gasteiger charge is -2.21. The average Bonchev–Trinajstić information content (AvgIpc) is 2.96. The highest BCUT2D eigenvalue weighted by Crippen LogP contribution is 2.43. The lowest BCUT2D eigenvalue weighted by Crippen LogP contribution is -2.35. The molecule has 1 aliphatic rings. The molecule has 2 atom stereocenters. The van der Waals surface area contributed by atoms with E-state index < -0.39 is 4.84 Å². The summed E-state index contributed by atoms with van der Waals surface area (Å²) in [5.74, 6) is -0.357. The first-order valence-electron chi connectivity index (χ1n) is 7.94. The molecular weight excluding hydrogens is 365 g/mol. The van der Waals surface area contributed by atoms with Crippen molar-refractivity contribution < 1.29 is 4.79 Å². The monoisotopic (exact) mass is 381 g/mol. The molecule has 2 aromatic carbocycles. The highest BCUT2D eigenvalue weighted by Gasteiger charge is 2.40. The standard InChI is InChI=1S/C19H18Cl3NO/c20-14-7-5-12(6-8-14)9-10-23-19(24)16-11-13-3-1-2-4-15(13)17(16)18(21)22/h1-8,16-18H,9-11H2,(H,23,24)/t16-,17-/m1/s1. The largest absolute Gasteiger partial charge is 0.356 e. The Bertz CT molecular complexity index is 715. The summed E-state index contributed by atoms with van der Waals surface area (Å²) < 4.78 is 0. The van der Waals surface area contributed by atoms with Gasteiger partial charge in [0.2, 0.25) is 5.91 Å². The summed E-state index contributed by atoms with van der Waals surface area (Å²) in [5, 5.41) is 3.73. The molecule has 0 bridgehead atoms. The van der Waals surface area contributed by atoms with E-state index >= 15 is 0 Å². The minimum atomic E-state index is -0.597. The fourth-order valence-electron chi connectivity index (χ4n) is 3.31. The zero-order chi connectivity index (χ0) is 17.1. The molecule has 1 amide bonds. The third-order valence-corrected chi connectivity index (χ3v) is 5.32. The number of hydrogen-bond donors (Lipinski definition) is 1. The summed E-state index contributed by atoms with van der Waals surface area (Å²) in [5.41, 5.74) is 3.38. The van der Waals surface area contributed by atoms with Crippen molar-refractivity contribution >= 4 is 40.7 Å². The molecule has 0 radical (unpaired) electrons. The van der Waals surface area contributed by atoms with Crippen LogP contribution in [0.3, 0.4) is 0 Å². The number of carbonyl (C=O) groups excluding carboxylic acids is 1. The van der Waals surface area contributed by atoms with Gasteiger partial charge in [0, 0.05) is 17.5 Å². The molecule has 1 N–H and O–H groups in total. The Morgan fingerprint density at radius 1 is 1.12 bits per heavy atom. The van der Waals surface area contributed by atoms with Crippen molar-refractivity contribution in [1.82, 2.24) is 5.32 Å². The maximum Gasteiger partial charge on any atom is 0.224 e. The first kappa shape index (κ1) is 17.6. The van der Waals surface area contributed by atoms with Crippen LogP contribution in [0.2, 0.25) is 5.02 Å². The number of hydrogen-bond acceptors (Lipinski definition) is 1. The van der Waals surface area contributed by atoms with Gasteiger partial charge in [-0.25, -0.2) is 0 Å². The number of benzene rings is 2. The van der Waals surface area contributed by atoms with E-state index in [1.165, 1.54) is 0 Å². The van der Waals surface area contributed by atoms with Gasteiger partial charge in [-0.2, -0.15) is 0 Å². The molecule has 5 heteroatoms. The fraction of sp³-hybridized carbons (Fsp3) is 0.316. The van der Waals surface area contributed by atoms with E-state index in [4.69, 9.17) is 34.8 Å². The highest BCUT2D eigenvalue weighted by molar-refractivity contribution is 6.45. The van der Waals surface area contributed by atoms with Crippen LogP contribution >= 0.6 is 34.8 Å². The summed E-state index contributed by atoms with van der Waals surface area (Å²) in [6.07, 6.45) is 1.45. The molecule has 126 valence electrons. The van der Waals surface area contributed by atoms with Gasteiger partial charge < -0.3 is 5.32 Å². The number of nitrogens with one attached hydrogen (secondary N) is 1. The minimum Gasteiger partial charge on any atom is -0.356 e. The molecule has 3 rings (SSSR count). The van der Waals surface area contributed by atoms with Crippen LogP contribution in [0.1, 0.15) is 22.6 Å². The van der Waals surface area contributed by atoms with Crippen LogP contribution < -0.4 is 5.32 Å². The van der Waals surface area contributed by atoms with Crippen molar-refractivity contribution in [3.05, 3.63) is 70.2 Å². The number of rotatable bonds is 5. The molecule has 0 heterocycles. The van der Waals surface area contributed by atoms with Crippen LogP contribution in [0.15, 0.2) is 48.5 Å². The molecule has 2 aromatic rings. The number of alkyl halides is 2. The van der Waals surface area contributed by atoms with Gasteiger partial charge in [-0.05, 0) is 41.7 Å². The zero-order valence-corrected chi connectivity index (χ0v) is 15.3. The van der Waals surface area contributed by atoms with Gasteiger partial charge in [0.25, 0.3) is 0 Å². The first-order chi connectivity index (χ1) is 11.6. The SMILES string of the molecule is O=C(NCCc1ccc(Cl)cc1)[C@@H]1Cc2ccccc2[C@H]1C(Cl)Cl. The van der Waals surface area contributed by atoms with Crippen molar-refractivity contribution in [2.24, 2.45) is 5.92 Å². The van der Waals surface area contributed by atoms with Crippen LogP contribution in [0.25, 0.3) is 0 Å². The first-order valence-corrected chi connectivity index (χ1v) is 9.19. The quantitative estimate of drug-likeness (QED) is 0.742. The van der Waals surface area contributed by atoms with Crippen LogP contribution in [0.5, 0.6) is 0 Å². The van der Waals surface area contributed by atoms with E-state index in [9.17, 15) is 4.79 Å². The zero-order valence-electron chi connectivity index (χ0n) is 13.0. The Morgan fingerprint density at radius 2 is 1.83 bits per heavy atom. The van der Waals surface area contributed by atoms with Crippen LogP contribution in [0.4, 0.5) is 0 Å². The summed E-state index contributed by atoms with van der Waals surface area (Å²) in [7, 11) is 0. The van der Waals surface area contributed by atoms with Gasteiger partial charge in [-0.1, -0.05) is 48.0 Å². The maximum atomic E-state index is 12.6. The molecule has 0 unspecified atom stereocenters. The molecule has 2 nitrogen and oxygen atoms in total. The normalized spacial score (nSPS) is 19.3. The van der Waals surface area contributed by atoms with Crippen LogP contribution in [-0.2, 0) is 17.6 Å². The summed E-state index contributed by atoms with van der Waals surface area (Å²) in [4.78, 5) is 12.0. The van der Waals surface area contributed by atoms with Crippen molar-refractivity contribution in [1.29, 1.82) is 0 Å². The summed E-state index contributed by atoms with van der Waals surface area (Å²) in [6, 6.07) is 15.6. The van der Waals surface area contributed by atoms with E-state index in [2.05, 4.69) is 5.32 Å². The molecular formula is C19H18Cl3NO. The maximum absolute atomic E-state index is 12.6. The Balaban J connectivity index is 1.61. The van der Waals surface area contributed by atoms with Gasteiger partial charge >= 0.3 is 0 Å². The second-order valence-electron chi connectivity index (χ2n) is 6.04. The Hall–Kier alpha value is -1.22. The number of halogens is 3. The number of amides is 1. The predicted octanol–water partition coefficient (Wildman–Crippen LogP) is 4.76. The van der Waals surface area contributed by atoms with Gasteiger partial charge in [0.05, 0.1) is 5.92 Å². The molecule has 0 saturated carbocycles. The third kappa shape index (κ3) is 3.88. The van der Waals surface area contributed by atoms with Crippen LogP contribution in [0, 0.1) is 5.92 Å². The fourth-order valence-corrected chi connectivity index (χ4v) is 4.05. The molecule has 0 saturated heterocycles. The molecule has 0 spiro atoms. The van der Waals surface area contributed by atoms with Crippen molar-refractivity contribution in [3.63, 3.8) is 0 Å². The van der Waals surface area contributed by atoms with E-state index in [1.54, 1.807) is 0 Å². The predicted molar refractivity (Wildman–Crippen MR) is 100 cm³/mol. The van der Waals surface area contributed by atoms with Crippen molar-refractivity contribution in [2.75, 3.05) is 6.54 Å². The Morgan fingerprint density at radius 3 is 2.54 bits per heavy atom. The van der Waals surface area contributed by atoms with Gasteiger partial charge in [-0.3, -0.25) is 4.79 Å². The van der Waals surface area contributed by atoms with E-state index in [1.807, 2.05) is 48.5 Å². The molecule has 0 aromatic heterocycles. The molecule has 1 aliphatic carbocycles. The number of fused-ring (bicyclic) bond motifs is 1. The number of carbonyl (C=O) groups is 1. The van der Waals surface area contributed by atoms with E-state index in [-0.39, 0.29) is 17.7 Å². The van der Waals surface area contributed by atoms with Crippen molar-refractivity contribution in [2.45, 2.75) is 23.6 Å². The lowest BCUT2D eigenvalue weighted by atomic mass is 9.93.